The Bertz CT molecular complexity index is 541. The van der Waals surface area contributed by atoms with Crippen LogP contribution in [0.2, 0.25) is 0 Å². The predicted molar refractivity (Wildman–Crippen MR) is 81.4 cm³/mol. The van der Waals surface area contributed by atoms with Crippen LogP contribution in [0.4, 0.5) is 0 Å². The molecule has 0 amide bonds. The quantitative estimate of drug-likeness (QED) is 0.907. The van der Waals surface area contributed by atoms with Crippen molar-refractivity contribution in [3.05, 3.63) is 59.2 Å². The third kappa shape index (κ3) is 3.11. The molecule has 2 rings (SSSR count). The van der Waals surface area contributed by atoms with Crippen molar-refractivity contribution in [2.24, 2.45) is 5.73 Å². The molecule has 0 aliphatic rings. The molecular weight excluding hydrogens is 250 g/mol. The monoisotopic (exact) mass is 271 g/mol. The highest BCUT2D eigenvalue weighted by molar-refractivity contribution is 5.43. The molecule has 0 saturated heterocycles. The van der Waals surface area contributed by atoms with Crippen molar-refractivity contribution in [2.45, 2.75) is 19.4 Å². The Labute approximate surface area is 120 Å². The lowest BCUT2D eigenvalue weighted by Crippen LogP contribution is -2.12. The zero-order valence-corrected chi connectivity index (χ0v) is 12.2. The zero-order chi connectivity index (χ0) is 14.5. The van der Waals surface area contributed by atoms with Gasteiger partial charge in [-0.2, -0.15) is 0 Å². The molecule has 0 bridgehead atoms. The molecule has 3 nitrogen and oxygen atoms in total. The number of rotatable bonds is 5. The first-order chi connectivity index (χ1) is 9.67. The number of ether oxygens (including phenoxy) is 2. The molecule has 0 aromatic heterocycles. The van der Waals surface area contributed by atoms with Gasteiger partial charge in [0.1, 0.15) is 11.5 Å². The lowest BCUT2D eigenvalue weighted by Gasteiger charge is -2.15. The van der Waals surface area contributed by atoms with Gasteiger partial charge in [-0.1, -0.05) is 31.2 Å². The minimum absolute atomic E-state index is 0.190. The van der Waals surface area contributed by atoms with E-state index in [2.05, 4.69) is 31.2 Å². The van der Waals surface area contributed by atoms with E-state index in [1.54, 1.807) is 14.2 Å². The van der Waals surface area contributed by atoms with Gasteiger partial charge < -0.3 is 15.2 Å². The Morgan fingerprint density at radius 2 is 1.45 bits per heavy atom. The number of methoxy groups -OCH3 is 2. The van der Waals surface area contributed by atoms with Crippen LogP contribution in [0.3, 0.4) is 0 Å². The summed E-state index contributed by atoms with van der Waals surface area (Å²) in [7, 11) is 3.28. The first-order valence-electron chi connectivity index (χ1n) is 6.75. The van der Waals surface area contributed by atoms with E-state index >= 15 is 0 Å². The summed E-state index contributed by atoms with van der Waals surface area (Å²) in [5.74, 6) is 1.50. The smallest absolute Gasteiger partial charge is 0.122 e. The second-order valence-electron chi connectivity index (χ2n) is 4.72. The van der Waals surface area contributed by atoms with Crippen molar-refractivity contribution in [3.63, 3.8) is 0 Å². The molecule has 1 atom stereocenters. The van der Waals surface area contributed by atoms with Gasteiger partial charge in [0.05, 0.1) is 20.3 Å². The lowest BCUT2D eigenvalue weighted by atomic mass is 9.97. The first kappa shape index (κ1) is 14.4. The Kier molecular flexibility index (Phi) is 4.64. The summed E-state index contributed by atoms with van der Waals surface area (Å²) >= 11 is 0. The average molecular weight is 271 g/mol. The molecule has 20 heavy (non-hydrogen) atoms. The van der Waals surface area contributed by atoms with E-state index in [-0.39, 0.29) is 6.04 Å². The van der Waals surface area contributed by atoms with Crippen molar-refractivity contribution < 1.29 is 9.47 Å². The van der Waals surface area contributed by atoms with Crippen molar-refractivity contribution in [1.82, 2.24) is 0 Å². The van der Waals surface area contributed by atoms with Crippen molar-refractivity contribution in [3.8, 4) is 11.5 Å². The summed E-state index contributed by atoms with van der Waals surface area (Å²) in [6.45, 7) is 2.14. The van der Waals surface area contributed by atoms with Gasteiger partial charge >= 0.3 is 0 Å². The van der Waals surface area contributed by atoms with E-state index in [1.807, 2.05) is 18.2 Å². The van der Waals surface area contributed by atoms with Gasteiger partial charge in [0.25, 0.3) is 0 Å². The molecule has 1 unspecified atom stereocenters. The lowest BCUT2D eigenvalue weighted by molar-refractivity contribution is 0.393. The fourth-order valence-corrected chi connectivity index (χ4v) is 2.16. The summed E-state index contributed by atoms with van der Waals surface area (Å²) in [5, 5.41) is 0. The molecule has 0 radical (unpaired) electrons. The molecule has 0 heterocycles. The van der Waals surface area contributed by atoms with Crippen LogP contribution in [-0.2, 0) is 6.42 Å². The van der Waals surface area contributed by atoms with Crippen molar-refractivity contribution >= 4 is 0 Å². The summed E-state index contributed by atoms with van der Waals surface area (Å²) in [4.78, 5) is 0. The van der Waals surface area contributed by atoms with Crippen LogP contribution in [0.15, 0.2) is 42.5 Å². The number of hydrogen-bond acceptors (Lipinski definition) is 3. The van der Waals surface area contributed by atoms with Crippen LogP contribution in [0.5, 0.6) is 11.5 Å². The molecule has 2 N–H and O–H groups in total. The number of hydrogen-bond donors (Lipinski definition) is 1. The molecule has 0 saturated carbocycles. The highest BCUT2D eigenvalue weighted by Crippen LogP contribution is 2.28. The standard InChI is InChI=1S/C17H21NO2/c1-4-12-5-7-13(8-6-12)17(18)14-9-15(19-2)11-16(10-14)20-3/h5-11,17H,4,18H2,1-3H3. The van der Waals surface area contributed by atoms with Gasteiger partial charge in [-0.05, 0) is 35.2 Å². The number of nitrogens with two attached hydrogens (primary N) is 1. The second kappa shape index (κ2) is 6.44. The maximum absolute atomic E-state index is 6.34. The Balaban J connectivity index is 2.33. The van der Waals surface area contributed by atoms with Crippen LogP contribution >= 0.6 is 0 Å². The Hall–Kier alpha value is -2.00. The van der Waals surface area contributed by atoms with E-state index in [9.17, 15) is 0 Å². The van der Waals surface area contributed by atoms with Crippen LogP contribution in [0, 0.1) is 0 Å². The summed E-state index contributed by atoms with van der Waals surface area (Å²) in [6.07, 6.45) is 1.03. The zero-order valence-electron chi connectivity index (χ0n) is 12.2. The molecule has 3 heteroatoms. The molecule has 2 aromatic rings. The van der Waals surface area contributed by atoms with E-state index < -0.39 is 0 Å². The van der Waals surface area contributed by atoms with Gasteiger partial charge in [0, 0.05) is 6.07 Å². The third-order valence-electron chi connectivity index (χ3n) is 3.48. The van der Waals surface area contributed by atoms with E-state index in [4.69, 9.17) is 15.2 Å². The highest BCUT2D eigenvalue weighted by atomic mass is 16.5. The highest BCUT2D eigenvalue weighted by Gasteiger charge is 2.12. The third-order valence-corrected chi connectivity index (χ3v) is 3.48. The number of benzene rings is 2. The minimum Gasteiger partial charge on any atom is -0.497 e. The van der Waals surface area contributed by atoms with E-state index in [0.29, 0.717) is 0 Å². The van der Waals surface area contributed by atoms with Gasteiger partial charge in [0.2, 0.25) is 0 Å². The molecule has 0 aliphatic heterocycles. The summed E-state index contributed by atoms with van der Waals surface area (Å²) in [6, 6.07) is 13.9. The Morgan fingerprint density at radius 1 is 0.900 bits per heavy atom. The largest absolute Gasteiger partial charge is 0.497 e. The van der Waals surface area contributed by atoms with Crippen LogP contribution < -0.4 is 15.2 Å². The van der Waals surface area contributed by atoms with Crippen LogP contribution in [-0.4, -0.2) is 14.2 Å². The van der Waals surface area contributed by atoms with Gasteiger partial charge in [-0.25, -0.2) is 0 Å². The maximum atomic E-state index is 6.34. The van der Waals surface area contributed by atoms with Crippen molar-refractivity contribution in [2.75, 3.05) is 14.2 Å². The molecule has 106 valence electrons. The van der Waals surface area contributed by atoms with Gasteiger partial charge in [0.15, 0.2) is 0 Å². The fourth-order valence-electron chi connectivity index (χ4n) is 2.16. The Morgan fingerprint density at radius 3 is 1.90 bits per heavy atom. The maximum Gasteiger partial charge on any atom is 0.122 e. The topological polar surface area (TPSA) is 44.5 Å². The average Bonchev–Trinajstić information content (AvgIpc) is 2.53. The van der Waals surface area contributed by atoms with E-state index in [1.165, 1.54) is 5.56 Å². The fraction of sp³-hybridized carbons (Fsp3) is 0.294. The van der Waals surface area contributed by atoms with Gasteiger partial charge in [-0.3, -0.25) is 0 Å². The number of aryl methyl sites for hydroxylation is 1. The minimum atomic E-state index is -0.190. The van der Waals surface area contributed by atoms with Crippen molar-refractivity contribution in [1.29, 1.82) is 0 Å². The normalized spacial score (nSPS) is 12.0. The molecule has 2 aromatic carbocycles. The van der Waals surface area contributed by atoms with E-state index in [0.717, 1.165) is 29.0 Å². The predicted octanol–water partition coefficient (Wildman–Crippen LogP) is 3.31. The second-order valence-corrected chi connectivity index (χ2v) is 4.72. The summed E-state index contributed by atoms with van der Waals surface area (Å²) in [5.41, 5.74) is 9.71. The molecular formula is C17H21NO2. The molecule has 0 fully saturated rings. The molecule has 0 aliphatic carbocycles. The van der Waals surface area contributed by atoms with Crippen LogP contribution in [0.25, 0.3) is 0 Å². The van der Waals surface area contributed by atoms with Crippen LogP contribution in [0.1, 0.15) is 29.7 Å². The summed E-state index contributed by atoms with van der Waals surface area (Å²) < 4.78 is 10.6. The first-order valence-corrected chi connectivity index (χ1v) is 6.75. The SMILES string of the molecule is CCc1ccc(C(N)c2cc(OC)cc(OC)c2)cc1. The molecule has 0 spiro atoms. The van der Waals surface area contributed by atoms with Gasteiger partial charge in [-0.15, -0.1) is 0 Å².